The summed E-state index contributed by atoms with van der Waals surface area (Å²) in [6, 6.07) is 8.74. The molecule has 0 saturated heterocycles. The van der Waals surface area contributed by atoms with Crippen molar-refractivity contribution in [2.45, 2.75) is 26.7 Å². The van der Waals surface area contributed by atoms with E-state index in [9.17, 15) is 14.4 Å². The molecule has 0 radical (unpaired) electrons. The molecule has 0 aromatic heterocycles. The monoisotopic (exact) mass is 391 g/mol. The van der Waals surface area contributed by atoms with Crippen molar-refractivity contribution in [1.82, 2.24) is 16.0 Å². The number of halogens is 1. The molecule has 0 saturated carbocycles. The van der Waals surface area contributed by atoms with Crippen LogP contribution in [0.15, 0.2) is 54.0 Å². The van der Waals surface area contributed by atoms with Crippen LogP contribution in [0, 0.1) is 0 Å². The van der Waals surface area contributed by atoms with Gasteiger partial charge in [-0.25, -0.2) is 0 Å². The quantitative estimate of drug-likeness (QED) is 0.686. The number of rotatable bonds is 3. The molecule has 1 aromatic rings. The van der Waals surface area contributed by atoms with Crippen LogP contribution in [0.3, 0.4) is 0 Å². The van der Waals surface area contributed by atoms with Gasteiger partial charge in [0, 0.05) is 50.1 Å². The highest BCUT2D eigenvalue weighted by Gasteiger charge is 2.06. The zero-order valence-corrected chi connectivity index (χ0v) is 16.4. The SMILES string of the molecule is CC(=O)C1=CNCCC1.CC(=O)C1=CNCCN1.O=C(Cl)c1ccccc1. The molecular formula is C20H26ClN3O3. The van der Waals surface area contributed by atoms with Gasteiger partial charge in [0.05, 0.1) is 5.70 Å². The second kappa shape index (κ2) is 12.7. The number of carbonyl (C=O) groups excluding carboxylic acids is 3. The topological polar surface area (TPSA) is 87.3 Å². The highest BCUT2D eigenvalue weighted by atomic mass is 35.5. The van der Waals surface area contributed by atoms with E-state index in [-0.39, 0.29) is 11.6 Å². The number of ketones is 2. The first-order chi connectivity index (χ1) is 12.9. The van der Waals surface area contributed by atoms with Crippen molar-refractivity contribution in [2.75, 3.05) is 19.6 Å². The van der Waals surface area contributed by atoms with Crippen molar-refractivity contribution in [3.63, 3.8) is 0 Å². The lowest BCUT2D eigenvalue weighted by molar-refractivity contribution is -0.114. The summed E-state index contributed by atoms with van der Waals surface area (Å²) in [5.41, 5.74) is 2.15. The second-order valence-electron chi connectivity index (χ2n) is 5.92. The summed E-state index contributed by atoms with van der Waals surface area (Å²) >= 11 is 5.16. The predicted octanol–water partition coefficient (Wildman–Crippen LogP) is 2.52. The van der Waals surface area contributed by atoms with Crippen LogP contribution in [-0.4, -0.2) is 36.4 Å². The Morgan fingerprint density at radius 2 is 1.56 bits per heavy atom. The van der Waals surface area contributed by atoms with Gasteiger partial charge in [0.1, 0.15) is 0 Å². The molecule has 6 nitrogen and oxygen atoms in total. The van der Waals surface area contributed by atoms with Gasteiger partial charge in [0.15, 0.2) is 11.6 Å². The van der Waals surface area contributed by atoms with Crippen LogP contribution in [0.5, 0.6) is 0 Å². The first kappa shape index (κ1) is 22.4. The number of benzene rings is 1. The molecule has 2 aliphatic rings. The molecule has 0 aliphatic carbocycles. The Bertz CT molecular complexity index is 664. The zero-order valence-electron chi connectivity index (χ0n) is 15.7. The molecule has 7 heteroatoms. The van der Waals surface area contributed by atoms with Crippen LogP contribution < -0.4 is 16.0 Å². The molecule has 0 bridgehead atoms. The van der Waals surface area contributed by atoms with Crippen molar-refractivity contribution < 1.29 is 14.4 Å². The molecule has 3 rings (SSSR count). The molecule has 2 heterocycles. The molecule has 146 valence electrons. The lowest BCUT2D eigenvalue weighted by Gasteiger charge is -2.13. The van der Waals surface area contributed by atoms with E-state index in [4.69, 9.17) is 11.6 Å². The van der Waals surface area contributed by atoms with Crippen LogP contribution >= 0.6 is 11.6 Å². The Labute approximate surface area is 165 Å². The first-order valence-corrected chi connectivity index (χ1v) is 9.16. The van der Waals surface area contributed by atoms with Crippen molar-refractivity contribution in [3.8, 4) is 0 Å². The first-order valence-electron chi connectivity index (χ1n) is 8.78. The second-order valence-corrected chi connectivity index (χ2v) is 6.26. The van der Waals surface area contributed by atoms with E-state index in [0.717, 1.165) is 38.0 Å². The minimum absolute atomic E-state index is 0.0854. The molecule has 0 atom stereocenters. The molecule has 0 amide bonds. The van der Waals surface area contributed by atoms with Crippen LogP contribution in [0.25, 0.3) is 0 Å². The molecular weight excluding hydrogens is 366 g/mol. The molecule has 2 aliphatic heterocycles. The molecule has 0 spiro atoms. The maximum absolute atomic E-state index is 10.7. The molecule has 1 aromatic carbocycles. The summed E-state index contributed by atoms with van der Waals surface area (Å²) in [4.78, 5) is 31.7. The summed E-state index contributed by atoms with van der Waals surface area (Å²) in [6.07, 6.45) is 5.57. The summed E-state index contributed by atoms with van der Waals surface area (Å²) in [5, 5.41) is 8.56. The fourth-order valence-electron chi connectivity index (χ4n) is 2.22. The van der Waals surface area contributed by atoms with Gasteiger partial charge >= 0.3 is 0 Å². The highest BCUT2D eigenvalue weighted by molar-refractivity contribution is 6.67. The van der Waals surface area contributed by atoms with Crippen LogP contribution in [0.4, 0.5) is 0 Å². The summed E-state index contributed by atoms with van der Waals surface area (Å²) < 4.78 is 0. The van der Waals surface area contributed by atoms with Gasteiger partial charge in [0.25, 0.3) is 5.24 Å². The number of hydrogen-bond donors (Lipinski definition) is 3. The Hall–Kier alpha value is -2.60. The maximum Gasteiger partial charge on any atom is 0.252 e. The minimum Gasteiger partial charge on any atom is -0.391 e. The predicted molar refractivity (Wildman–Crippen MR) is 107 cm³/mol. The fraction of sp³-hybridized carbons (Fsp3) is 0.350. The van der Waals surface area contributed by atoms with E-state index < -0.39 is 5.24 Å². The van der Waals surface area contributed by atoms with Crippen LogP contribution in [0.2, 0.25) is 0 Å². The van der Waals surface area contributed by atoms with Gasteiger partial charge in [-0.2, -0.15) is 0 Å². The summed E-state index contributed by atoms with van der Waals surface area (Å²) in [7, 11) is 0. The Morgan fingerprint density at radius 3 is 1.89 bits per heavy atom. The van der Waals surface area contributed by atoms with E-state index in [2.05, 4.69) is 16.0 Å². The Balaban J connectivity index is 0.000000202. The van der Waals surface area contributed by atoms with Crippen molar-refractivity contribution >= 4 is 28.4 Å². The van der Waals surface area contributed by atoms with Crippen LogP contribution in [-0.2, 0) is 9.59 Å². The van der Waals surface area contributed by atoms with Gasteiger partial charge in [-0.05, 0) is 31.4 Å². The van der Waals surface area contributed by atoms with E-state index >= 15 is 0 Å². The smallest absolute Gasteiger partial charge is 0.252 e. The average molecular weight is 392 g/mol. The number of carbonyl (C=O) groups is 3. The lowest BCUT2D eigenvalue weighted by atomic mass is 10.1. The summed E-state index contributed by atoms with van der Waals surface area (Å²) in [5.74, 6) is 0.282. The summed E-state index contributed by atoms with van der Waals surface area (Å²) in [6.45, 7) is 5.91. The number of hydrogen-bond acceptors (Lipinski definition) is 6. The maximum atomic E-state index is 10.7. The largest absolute Gasteiger partial charge is 0.391 e. The van der Waals surface area contributed by atoms with Gasteiger partial charge < -0.3 is 16.0 Å². The van der Waals surface area contributed by atoms with E-state index in [1.807, 2.05) is 12.3 Å². The average Bonchev–Trinajstić information content (AvgIpc) is 2.71. The minimum atomic E-state index is -0.407. The van der Waals surface area contributed by atoms with Gasteiger partial charge in [-0.15, -0.1) is 0 Å². The third-order valence-corrected chi connectivity index (χ3v) is 3.93. The molecule has 0 fully saturated rings. The van der Waals surface area contributed by atoms with Gasteiger partial charge in [-0.1, -0.05) is 30.3 Å². The number of nitrogens with one attached hydrogen (secondary N) is 3. The normalized spacial score (nSPS) is 14.8. The fourth-order valence-corrected chi connectivity index (χ4v) is 2.34. The van der Waals surface area contributed by atoms with Crippen LogP contribution in [0.1, 0.15) is 37.0 Å². The van der Waals surface area contributed by atoms with Gasteiger partial charge in [0.2, 0.25) is 0 Å². The Morgan fingerprint density at radius 1 is 0.889 bits per heavy atom. The van der Waals surface area contributed by atoms with Gasteiger partial charge in [-0.3, -0.25) is 14.4 Å². The van der Waals surface area contributed by atoms with Crippen molar-refractivity contribution in [3.05, 3.63) is 59.6 Å². The number of Topliss-reactive ketones (excluding diaryl/α,β-unsaturated/α-hetero) is 2. The van der Waals surface area contributed by atoms with E-state index in [1.165, 1.54) is 0 Å². The Kier molecular flexibility index (Phi) is 10.6. The van der Waals surface area contributed by atoms with E-state index in [0.29, 0.717) is 11.3 Å². The third kappa shape index (κ3) is 9.61. The molecule has 3 N–H and O–H groups in total. The lowest BCUT2D eigenvalue weighted by Crippen LogP contribution is -2.33. The molecule has 27 heavy (non-hydrogen) atoms. The zero-order chi connectivity index (χ0) is 20.1. The van der Waals surface area contributed by atoms with Crippen molar-refractivity contribution in [2.24, 2.45) is 0 Å². The highest BCUT2D eigenvalue weighted by Crippen LogP contribution is 2.07. The third-order valence-electron chi connectivity index (χ3n) is 3.71. The standard InChI is InChI=1S/C7H5ClO.C7H11NO.C6H10N2O/c8-7(9)6-4-2-1-3-5-6;1-6(9)7-3-2-4-8-5-7;1-5(9)6-4-7-2-3-8-6/h1-5H;5,8H,2-4H2,1H3;4,7-8H,2-3H2,1H3. The van der Waals surface area contributed by atoms with E-state index in [1.54, 1.807) is 44.3 Å². The molecule has 0 unspecified atom stereocenters. The number of allylic oxidation sites excluding steroid dienone is 2. The van der Waals surface area contributed by atoms with Crippen molar-refractivity contribution in [1.29, 1.82) is 0 Å².